The van der Waals surface area contributed by atoms with E-state index < -0.39 is 0 Å². The summed E-state index contributed by atoms with van der Waals surface area (Å²) in [6.45, 7) is 3.72. The van der Waals surface area contributed by atoms with Crippen LogP contribution in [-0.2, 0) is 6.61 Å². The predicted octanol–water partition coefficient (Wildman–Crippen LogP) is 1.64. The van der Waals surface area contributed by atoms with E-state index in [-0.39, 0.29) is 12.2 Å². The van der Waals surface area contributed by atoms with Gasteiger partial charge in [-0.3, -0.25) is 4.79 Å². The Hall–Kier alpha value is -1.61. The maximum Gasteiger partial charge on any atom is 0.253 e. The van der Waals surface area contributed by atoms with Crippen LogP contribution in [-0.4, -0.2) is 10.1 Å². The first-order valence-electron chi connectivity index (χ1n) is 4.86. The van der Waals surface area contributed by atoms with Crippen molar-refractivity contribution in [2.45, 2.75) is 20.5 Å². The molecule has 2 aromatic rings. The van der Waals surface area contributed by atoms with Crippen molar-refractivity contribution in [3.63, 3.8) is 0 Å². The van der Waals surface area contributed by atoms with Crippen LogP contribution in [0.5, 0.6) is 0 Å². The van der Waals surface area contributed by atoms with Crippen molar-refractivity contribution in [1.82, 2.24) is 4.98 Å². The van der Waals surface area contributed by atoms with E-state index in [0.717, 1.165) is 22.0 Å². The van der Waals surface area contributed by atoms with Gasteiger partial charge >= 0.3 is 0 Å². The van der Waals surface area contributed by atoms with E-state index >= 15 is 0 Å². The second kappa shape index (κ2) is 3.51. The Morgan fingerprint density at radius 3 is 2.60 bits per heavy atom. The standard InChI is InChI=1S/C12H13NO2/c1-7-3-4-8(2)11-10(7)5-9(6-14)12(15)13-11/h3-5,14H,6H2,1-2H3,(H,13,15). The molecule has 0 amide bonds. The lowest BCUT2D eigenvalue weighted by Gasteiger charge is -2.06. The molecular weight excluding hydrogens is 190 g/mol. The Balaban J connectivity index is 2.92. The van der Waals surface area contributed by atoms with Gasteiger partial charge in [0.25, 0.3) is 5.56 Å². The Morgan fingerprint density at radius 2 is 1.93 bits per heavy atom. The van der Waals surface area contributed by atoms with Crippen LogP contribution in [0.1, 0.15) is 16.7 Å². The molecule has 2 N–H and O–H groups in total. The highest BCUT2D eigenvalue weighted by Gasteiger charge is 2.05. The normalized spacial score (nSPS) is 10.9. The smallest absolute Gasteiger partial charge is 0.253 e. The first-order valence-corrected chi connectivity index (χ1v) is 4.86. The van der Waals surface area contributed by atoms with E-state index in [2.05, 4.69) is 4.98 Å². The van der Waals surface area contributed by atoms with Crippen LogP contribution in [0, 0.1) is 13.8 Å². The molecule has 0 saturated carbocycles. The lowest BCUT2D eigenvalue weighted by atomic mass is 10.0. The number of H-pyrrole nitrogens is 1. The summed E-state index contributed by atoms with van der Waals surface area (Å²) in [5, 5.41) is 10.0. The van der Waals surface area contributed by atoms with Crippen LogP contribution in [0.4, 0.5) is 0 Å². The fourth-order valence-electron chi connectivity index (χ4n) is 1.74. The summed E-state index contributed by atoms with van der Waals surface area (Å²) >= 11 is 0. The summed E-state index contributed by atoms with van der Waals surface area (Å²) in [7, 11) is 0. The Labute approximate surface area is 87.4 Å². The summed E-state index contributed by atoms with van der Waals surface area (Å²) in [5.41, 5.74) is 3.20. The van der Waals surface area contributed by atoms with Crippen LogP contribution >= 0.6 is 0 Å². The SMILES string of the molecule is Cc1ccc(C)c2[nH]c(=O)c(CO)cc12. The van der Waals surface area contributed by atoms with Crippen molar-refractivity contribution >= 4 is 10.9 Å². The zero-order valence-corrected chi connectivity index (χ0v) is 8.79. The molecule has 0 radical (unpaired) electrons. The zero-order valence-electron chi connectivity index (χ0n) is 8.79. The summed E-state index contributed by atoms with van der Waals surface area (Å²) < 4.78 is 0. The molecule has 3 heteroatoms. The molecule has 0 bridgehead atoms. The average molecular weight is 203 g/mol. The van der Waals surface area contributed by atoms with E-state index in [1.54, 1.807) is 6.07 Å². The predicted molar refractivity (Wildman–Crippen MR) is 60.0 cm³/mol. The van der Waals surface area contributed by atoms with Gasteiger partial charge in [-0.05, 0) is 31.0 Å². The van der Waals surface area contributed by atoms with Crippen molar-refractivity contribution in [2.75, 3.05) is 0 Å². The van der Waals surface area contributed by atoms with Gasteiger partial charge in [0.15, 0.2) is 0 Å². The van der Waals surface area contributed by atoms with Crippen LogP contribution < -0.4 is 5.56 Å². The number of aliphatic hydroxyl groups is 1. The summed E-state index contributed by atoms with van der Waals surface area (Å²) in [4.78, 5) is 14.3. The van der Waals surface area contributed by atoms with Crippen molar-refractivity contribution in [2.24, 2.45) is 0 Å². The molecule has 78 valence electrons. The molecule has 0 saturated heterocycles. The number of aliphatic hydroxyl groups excluding tert-OH is 1. The topological polar surface area (TPSA) is 53.1 Å². The first kappa shape index (κ1) is 9.93. The minimum atomic E-state index is -0.224. The third-order valence-corrected chi connectivity index (χ3v) is 2.69. The van der Waals surface area contributed by atoms with Gasteiger partial charge in [-0.2, -0.15) is 0 Å². The Bertz CT molecular complexity index is 570. The van der Waals surface area contributed by atoms with Gasteiger partial charge in [0.1, 0.15) is 0 Å². The van der Waals surface area contributed by atoms with Crippen LogP contribution in [0.2, 0.25) is 0 Å². The van der Waals surface area contributed by atoms with Gasteiger partial charge in [0.2, 0.25) is 0 Å². The molecule has 0 aliphatic rings. The number of benzene rings is 1. The Morgan fingerprint density at radius 1 is 1.27 bits per heavy atom. The molecule has 1 aromatic carbocycles. The maximum absolute atomic E-state index is 11.5. The fraction of sp³-hybridized carbons (Fsp3) is 0.250. The third kappa shape index (κ3) is 1.55. The number of hydrogen-bond acceptors (Lipinski definition) is 2. The molecule has 0 spiro atoms. The monoisotopic (exact) mass is 203 g/mol. The molecule has 3 nitrogen and oxygen atoms in total. The van der Waals surface area contributed by atoms with Crippen LogP contribution in [0.25, 0.3) is 10.9 Å². The largest absolute Gasteiger partial charge is 0.391 e. The summed E-state index contributed by atoms with van der Waals surface area (Å²) in [6.07, 6.45) is 0. The minimum Gasteiger partial charge on any atom is -0.391 e. The number of aromatic nitrogens is 1. The minimum absolute atomic E-state index is 0.210. The molecule has 15 heavy (non-hydrogen) atoms. The average Bonchev–Trinajstić information content (AvgIpc) is 2.23. The van der Waals surface area contributed by atoms with Gasteiger partial charge < -0.3 is 10.1 Å². The van der Waals surface area contributed by atoms with Gasteiger partial charge in [0.05, 0.1) is 12.1 Å². The van der Waals surface area contributed by atoms with Gasteiger partial charge in [0, 0.05) is 10.9 Å². The number of fused-ring (bicyclic) bond motifs is 1. The van der Waals surface area contributed by atoms with Crippen molar-refractivity contribution in [1.29, 1.82) is 0 Å². The molecule has 0 aliphatic carbocycles. The second-order valence-corrected chi connectivity index (χ2v) is 3.77. The van der Waals surface area contributed by atoms with Crippen molar-refractivity contribution in [3.05, 3.63) is 45.2 Å². The molecule has 2 rings (SSSR count). The van der Waals surface area contributed by atoms with Gasteiger partial charge in [-0.15, -0.1) is 0 Å². The lowest BCUT2D eigenvalue weighted by molar-refractivity contribution is 0.280. The van der Waals surface area contributed by atoms with Crippen molar-refractivity contribution < 1.29 is 5.11 Å². The molecule has 0 atom stereocenters. The number of rotatable bonds is 1. The van der Waals surface area contributed by atoms with E-state index in [9.17, 15) is 4.79 Å². The number of nitrogens with one attached hydrogen (secondary N) is 1. The molecular formula is C12H13NO2. The Kier molecular flexibility index (Phi) is 2.32. The van der Waals surface area contributed by atoms with E-state index in [0.29, 0.717) is 5.56 Å². The van der Waals surface area contributed by atoms with E-state index in [1.807, 2.05) is 26.0 Å². The fourth-order valence-corrected chi connectivity index (χ4v) is 1.74. The number of pyridine rings is 1. The summed E-state index contributed by atoms with van der Waals surface area (Å²) in [6, 6.07) is 5.75. The molecule has 1 aromatic heterocycles. The third-order valence-electron chi connectivity index (χ3n) is 2.69. The molecule has 1 heterocycles. The van der Waals surface area contributed by atoms with E-state index in [1.165, 1.54) is 0 Å². The molecule has 0 aliphatic heterocycles. The molecule has 0 unspecified atom stereocenters. The highest BCUT2D eigenvalue weighted by molar-refractivity contribution is 5.85. The van der Waals surface area contributed by atoms with Gasteiger partial charge in [-0.1, -0.05) is 12.1 Å². The summed E-state index contributed by atoms with van der Waals surface area (Å²) in [5.74, 6) is 0. The van der Waals surface area contributed by atoms with Crippen LogP contribution in [0.15, 0.2) is 23.0 Å². The van der Waals surface area contributed by atoms with Gasteiger partial charge in [-0.25, -0.2) is 0 Å². The zero-order chi connectivity index (χ0) is 11.0. The molecule has 0 fully saturated rings. The maximum atomic E-state index is 11.5. The number of aromatic amines is 1. The van der Waals surface area contributed by atoms with E-state index in [4.69, 9.17) is 5.11 Å². The number of hydrogen-bond donors (Lipinski definition) is 2. The first-order chi connectivity index (χ1) is 7.13. The lowest BCUT2D eigenvalue weighted by Crippen LogP contribution is -2.12. The van der Waals surface area contributed by atoms with Crippen molar-refractivity contribution in [3.8, 4) is 0 Å². The van der Waals surface area contributed by atoms with Crippen LogP contribution in [0.3, 0.4) is 0 Å². The highest BCUT2D eigenvalue weighted by atomic mass is 16.3. The second-order valence-electron chi connectivity index (χ2n) is 3.77. The number of aryl methyl sites for hydroxylation is 2. The highest BCUT2D eigenvalue weighted by Crippen LogP contribution is 2.19. The quantitative estimate of drug-likeness (QED) is 0.740.